The smallest absolute Gasteiger partial charge is 0.0406 e. The summed E-state index contributed by atoms with van der Waals surface area (Å²) < 4.78 is 0. The van der Waals surface area contributed by atoms with E-state index in [-0.39, 0.29) is 5.41 Å². The van der Waals surface area contributed by atoms with Gasteiger partial charge >= 0.3 is 0 Å². The molecule has 1 unspecified atom stereocenters. The number of anilines is 1. The Labute approximate surface area is 121 Å². The van der Waals surface area contributed by atoms with Gasteiger partial charge in [-0.2, -0.15) is 0 Å². The lowest BCUT2D eigenvalue weighted by atomic mass is 9.72. The minimum absolute atomic E-state index is 0.221. The average Bonchev–Trinajstić information content (AvgIpc) is 2.66. The predicted octanol–water partition coefficient (Wildman–Crippen LogP) is 4.15. The Morgan fingerprint density at radius 1 is 0.900 bits per heavy atom. The van der Waals surface area contributed by atoms with Crippen molar-refractivity contribution in [2.24, 2.45) is 0 Å². The van der Waals surface area contributed by atoms with Crippen LogP contribution < -0.4 is 4.90 Å². The van der Waals surface area contributed by atoms with E-state index in [4.69, 9.17) is 0 Å². The Hall–Kier alpha value is -1.76. The van der Waals surface area contributed by atoms with E-state index in [9.17, 15) is 0 Å². The highest BCUT2D eigenvalue weighted by atomic mass is 15.1. The topological polar surface area (TPSA) is 3.24 Å². The van der Waals surface area contributed by atoms with Crippen LogP contribution in [0.25, 0.3) is 0 Å². The van der Waals surface area contributed by atoms with Gasteiger partial charge in [-0.25, -0.2) is 0 Å². The minimum atomic E-state index is 0.221. The maximum absolute atomic E-state index is 2.44. The summed E-state index contributed by atoms with van der Waals surface area (Å²) in [6.45, 7) is 1.13. The van der Waals surface area contributed by atoms with Gasteiger partial charge in [-0.3, -0.25) is 0 Å². The third-order valence-corrected chi connectivity index (χ3v) is 5.17. The standard InChI is InChI=1S/C19H21N/c1-20-14-19(17-11-4-5-12-18(17)20)13-7-6-9-15-8-2-3-10-16(15)19/h2-5,8,10-12H,6-7,9,13-14H2,1H3. The lowest BCUT2D eigenvalue weighted by molar-refractivity contribution is 0.489. The summed E-state index contributed by atoms with van der Waals surface area (Å²) in [5.74, 6) is 0. The van der Waals surface area contributed by atoms with Crippen molar-refractivity contribution in [3.63, 3.8) is 0 Å². The SMILES string of the molecule is CN1CC2(CCCCc3ccccc32)c2ccccc21. The Bertz CT molecular complexity index is 646. The van der Waals surface area contributed by atoms with Crippen molar-refractivity contribution >= 4 is 5.69 Å². The second-order valence-electron chi connectivity index (χ2n) is 6.32. The largest absolute Gasteiger partial charge is 0.373 e. The Balaban J connectivity index is 1.98. The van der Waals surface area contributed by atoms with Crippen LogP contribution in [0.4, 0.5) is 5.69 Å². The van der Waals surface area contributed by atoms with E-state index in [1.807, 2.05) is 0 Å². The molecule has 1 aliphatic carbocycles. The third-order valence-electron chi connectivity index (χ3n) is 5.17. The molecule has 2 aromatic rings. The van der Waals surface area contributed by atoms with Crippen LogP contribution in [0.3, 0.4) is 0 Å². The molecule has 1 atom stereocenters. The zero-order valence-electron chi connectivity index (χ0n) is 12.1. The summed E-state index contributed by atoms with van der Waals surface area (Å²) in [6.07, 6.45) is 5.18. The van der Waals surface area contributed by atoms with Gasteiger partial charge in [0.05, 0.1) is 0 Å². The summed E-state index contributed by atoms with van der Waals surface area (Å²) in [7, 11) is 2.24. The van der Waals surface area contributed by atoms with Crippen LogP contribution in [-0.2, 0) is 11.8 Å². The first kappa shape index (κ1) is 12.0. The van der Waals surface area contributed by atoms with Gasteiger partial charge in [-0.1, -0.05) is 48.9 Å². The van der Waals surface area contributed by atoms with Crippen molar-refractivity contribution in [2.45, 2.75) is 31.1 Å². The van der Waals surface area contributed by atoms with Crippen molar-refractivity contribution in [2.75, 3.05) is 18.5 Å². The highest BCUT2D eigenvalue weighted by molar-refractivity contribution is 5.66. The van der Waals surface area contributed by atoms with Gasteiger partial charge in [0.25, 0.3) is 0 Å². The van der Waals surface area contributed by atoms with Crippen molar-refractivity contribution in [3.05, 3.63) is 65.2 Å². The molecule has 20 heavy (non-hydrogen) atoms. The second-order valence-corrected chi connectivity index (χ2v) is 6.32. The number of aryl methyl sites for hydroxylation is 1. The van der Waals surface area contributed by atoms with Crippen LogP contribution >= 0.6 is 0 Å². The van der Waals surface area contributed by atoms with Gasteiger partial charge in [0.2, 0.25) is 0 Å². The molecule has 1 spiro atoms. The molecular weight excluding hydrogens is 242 g/mol. The molecule has 0 radical (unpaired) electrons. The zero-order valence-corrected chi connectivity index (χ0v) is 12.1. The van der Waals surface area contributed by atoms with E-state index in [1.165, 1.54) is 36.9 Å². The Morgan fingerprint density at radius 3 is 2.55 bits per heavy atom. The predicted molar refractivity (Wildman–Crippen MR) is 84.5 cm³/mol. The highest BCUT2D eigenvalue weighted by Crippen LogP contribution is 2.49. The minimum Gasteiger partial charge on any atom is -0.373 e. The van der Waals surface area contributed by atoms with Gasteiger partial charge in [-0.15, -0.1) is 0 Å². The fourth-order valence-corrected chi connectivity index (χ4v) is 4.31. The second kappa shape index (κ2) is 4.37. The first-order chi connectivity index (χ1) is 9.81. The summed E-state index contributed by atoms with van der Waals surface area (Å²) in [4.78, 5) is 2.44. The van der Waals surface area contributed by atoms with E-state index < -0.39 is 0 Å². The number of likely N-dealkylation sites (N-methyl/N-ethyl adjacent to an activating group) is 1. The fourth-order valence-electron chi connectivity index (χ4n) is 4.31. The van der Waals surface area contributed by atoms with Crippen LogP contribution in [0.2, 0.25) is 0 Å². The van der Waals surface area contributed by atoms with Crippen molar-refractivity contribution < 1.29 is 0 Å². The molecule has 2 aromatic carbocycles. The molecule has 4 rings (SSSR count). The maximum Gasteiger partial charge on any atom is 0.0406 e. The molecule has 1 heterocycles. The molecular formula is C19H21N. The first-order valence-corrected chi connectivity index (χ1v) is 7.70. The third kappa shape index (κ3) is 1.56. The molecule has 1 heteroatoms. The Kier molecular flexibility index (Phi) is 2.63. The van der Waals surface area contributed by atoms with Crippen molar-refractivity contribution in [1.29, 1.82) is 0 Å². The molecule has 1 nitrogen and oxygen atoms in total. The van der Waals surface area contributed by atoms with Gasteiger partial charge in [0.1, 0.15) is 0 Å². The molecule has 0 aromatic heterocycles. The molecule has 0 N–H and O–H groups in total. The number of hydrogen-bond acceptors (Lipinski definition) is 1. The molecule has 0 bridgehead atoms. The normalized spacial score (nSPS) is 24.4. The lowest BCUT2D eigenvalue weighted by Gasteiger charge is -2.31. The van der Waals surface area contributed by atoms with E-state index in [0.29, 0.717) is 0 Å². The number of para-hydroxylation sites is 1. The number of rotatable bonds is 0. The monoisotopic (exact) mass is 263 g/mol. The summed E-state index contributed by atoms with van der Waals surface area (Å²) in [5, 5.41) is 0. The van der Waals surface area contributed by atoms with Gasteiger partial charge in [-0.05, 0) is 42.0 Å². The van der Waals surface area contributed by atoms with E-state index in [0.717, 1.165) is 6.54 Å². The fraction of sp³-hybridized carbons (Fsp3) is 0.368. The van der Waals surface area contributed by atoms with Crippen molar-refractivity contribution in [3.8, 4) is 0 Å². The molecule has 0 saturated carbocycles. The maximum atomic E-state index is 2.44. The van der Waals surface area contributed by atoms with E-state index >= 15 is 0 Å². The van der Waals surface area contributed by atoms with Crippen LogP contribution in [0, 0.1) is 0 Å². The molecule has 0 saturated heterocycles. The number of hydrogen-bond donors (Lipinski definition) is 0. The van der Waals surface area contributed by atoms with E-state index in [2.05, 4.69) is 60.5 Å². The first-order valence-electron chi connectivity index (χ1n) is 7.70. The summed E-state index contributed by atoms with van der Waals surface area (Å²) in [6, 6.07) is 18.1. The van der Waals surface area contributed by atoms with Gasteiger partial charge in [0, 0.05) is 24.7 Å². The summed E-state index contributed by atoms with van der Waals surface area (Å²) >= 11 is 0. The number of fused-ring (bicyclic) bond motifs is 4. The Morgan fingerprint density at radius 2 is 1.65 bits per heavy atom. The van der Waals surface area contributed by atoms with Crippen molar-refractivity contribution in [1.82, 2.24) is 0 Å². The van der Waals surface area contributed by atoms with Crippen LogP contribution in [0.15, 0.2) is 48.5 Å². The quantitative estimate of drug-likeness (QED) is 0.690. The van der Waals surface area contributed by atoms with Crippen LogP contribution in [0.1, 0.15) is 36.0 Å². The highest BCUT2D eigenvalue weighted by Gasteiger charge is 2.44. The molecule has 102 valence electrons. The van der Waals surface area contributed by atoms with Gasteiger partial charge < -0.3 is 4.90 Å². The van der Waals surface area contributed by atoms with Crippen LogP contribution in [0.5, 0.6) is 0 Å². The number of benzene rings is 2. The summed E-state index contributed by atoms with van der Waals surface area (Å²) in [5.41, 5.74) is 6.32. The molecule has 0 amide bonds. The average molecular weight is 263 g/mol. The molecule has 1 aliphatic heterocycles. The van der Waals surface area contributed by atoms with Gasteiger partial charge in [0.15, 0.2) is 0 Å². The van der Waals surface area contributed by atoms with E-state index in [1.54, 1.807) is 11.1 Å². The molecule has 2 aliphatic rings. The number of nitrogens with zero attached hydrogens (tertiary/aromatic N) is 1. The van der Waals surface area contributed by atoms with Crippen LogP contribution in [-0.4, -0.2) is 13.6 Å². The lowest BCUT2D eigenvalue weighted by Crippen LogP contribution is -2.33. The molecule has 0 fully saturated rings. The zero-order chi connectivity index (χ0) is 13.6.